The molecule has 0 fully saturated rings. The van der Waals surface area contributed by atoms with E-state index in [0.29, 0.717) is 6.54 Å². The van der Waals surface area contributed by atoms with Gasteiger partial charge in [-0.25, -0.2) is 12.8 Å². The Bertz CT molecular complexity index is 726. The molecule has 0 aliphatic heterocycles. The molecule has 0 radical (unpaired) electrons. The Morgan fingerprint density at radius 2 is 2.05 bits per heavy atom. The maximum Gasteiger partial charge on any atom is 0.263 e. The third kappa shape index (κ3) is 3.61. The van der Waals surface area contributed by atoms with Crippen LogP contribution in [0.5, 0.6) is 0 Å². The average molecular weight is 328 g/mol. The first kappa shape index (κ1) is 15.9. The van der Waals surface area contributed by atoms with Crippen LogP contribution in [0, 0.1) is 12.7 Å². The number of thiophene rings is 1. The molecule has 0 saturated carbocycles. The van der Waals surface area contributed by atoms with Crippen molar-refractivity contribution in [1.29, 1.82) is 0 Å². The van der Waals surface area contributed by atoms with Crippen molar-refractivity contribution in [1.82, 2.24) is 5.32 Å². The molecule has 1 heterocycles. The lowest BCUT2D eigenvalue weighted by Crippen LogP contribution is -2.17. The van der Waals surface area contributed by atoms with Gasteiger partial charge in [-0.05, 0) is 37.0 Å². The van der Waals surface area contributed by atoms with E-state index in [2.05, 4.69) is 10.0 Å². The lowest BCUT2D eigenvalue weighted by Gasteiger charge is -2.11. The van der Waals surface area contributed by atoms with E-state index in [9.17, 15) is 12.8 Å². The van der Waals surface area contributed by atoms with Gasteiger partial charge in [0.1, 0.15) is 10.7 Å². The fourth-order valence-corrected chi connectivity index (χ4v) is 4.39. The summed E-state index contributed by atoms with van der Waals surface area (Å²) in [7, 11) is -3.72. The van der Waals surface area contributed by atoms with Crippen LogP contribution in [0.25, 0.3) is 0 Å². The van der Waals surface area contributed by atoms with Crippen molar-refractivity contribution in [2.24, 2.45) is 0 Å². The molecular formula is C14H17FN2O2S2. The molecule has 2 aromatic rings. The average Bonchev–Trinajstić information content (AvgIpc) is 2.91. The summed E-state index contributed by atoms with van der Waals surface area (Å²) in [5.41, 5.74) is 0.542. The normalized spacial score (nSPS) is 11.6. The van der Waals surface area contributed by atoms with Crippen LogP contribution in [-0.4, -0.2) is 15.0 Å². The number of anilines is 1. The van der Waals surface area contributed by atoms with E-state index in [1.807, 2.05) is 6.92 Å². The van der Waals surface area contributed by atoms with Crippen LogP contribution in [0.15, 0.2) is 34.5 Å². The SMILES string of the molecule is CCNCc1sccc1S(=O)(=O)Nc1cccc(F)c1C. The molecule has 0 bridgehead atoms. The molecule has 0 aliphatic carbocycles. The molecule has 0 saturated heterocycles. The van der Waals surface area contributed by atoms with Gasteiger partial charge in [-0.3, -0.25) is 4.72 Å². The lowest BCUT2D eigenvalue weighted by molar-refractivity contribution is 0.599. The van der Waals surface area contributed by atoms with E-state index < -0.39 is 15.8 Å². The molecule has 7 heteroatoms. The maximum absolute atomic E-state index is 13.5. The summed E-state index contributed by atoms with van der Waals surface area (Å²) in [6, 6.07) is 5.89. The molecule has 0 amide bonds. The van der Waals surface area contributed by atoms with E-state index >= 15 is 0 Å². The number of hydrogen-bond donors (Lipinski definition) is 2. The Kier molecular flexibility index (Phi) is 4.97. The van der Waals surface area contributed by atoms with Gasteiger partial charge in [-0.1, -0.05) is 13.0 Å². The fourth-order valence-electron chi connectivity index (χ4n) is 1.85. The molecule has 0 atom stereocenters. The molecule has 114 valence electrons. The third-order valence-corrected chi connectivity index (χ3v) is 5.54. The Balaban J connectivity index is 2.30. The zero-order chi connectivity index (χ0) is 15.5. The van der Waals surface area contributed by atoms with E-state index in [1.54, 1.807) is 24.4 Å². The molecule has 0 unspecified atom stereocenters. The van der Waals surface area contributed by atoms with Gasteiger partial charge >= 0.3 is 0 Å². The van der Waals surface area contributed by atoms with Gasteiger partial charge < -0.3 is 5.32 Å². The third-order valence-electron chi connectivity index (χ3n) is 3.04. The monoisotopic (exact) mass is 328 g/mol. The van der Waals surface area contributed by atoms with Gasteiger partial charge in [0.05, 0.1) is 5.69 Å². The number of sulfonamides is 1. The summed E-state index contributed by atoms with van der Waals surface area (Å²) in [5.74, 6) is -0.437. The van der Waals surface area contributed by atoms with Crippen molar-refractivity contribution >= 4 is 27.0 Å². The lowest BCUT2D eigenvalue weighted by atomic mass is 10.2. The van der Waals surface area contributed by atoms with E-state index in [4.69, 9.17) is 0 Å². The number of rotatable bonds is 6. The highest BCUT2D eigenvalue weighted by Gasteiger charge is 2.20. The molecule has 4 nitrogen and oxygen atoms in total. The van der Waals surface area contributed by atoms with Crippen molar-refractivity contribution in [3.05, 3.63) is 45.9 Å². The predicted octanol–water partition coefficient (Wildman–Crippen LogP) is 3.11. The van der Waals surface area contributed by atoms with Gasteiger partial charge in [-0.2, -0.15) is 0 Å². The smallest absolute Gasteiger partial charge is 0.263 e. The Labute approximate surface area is 128 Å². The Morgan fingerprint density at radius 3 is 2.76 bits per heavy atom. The van der Waals surface area contributed by atoms with Crippen molar-refractivity contribution < 1.29 is 12.8 Å². The standard InChI is InChI=1S/C14H17FN2O2S2/c1-3-16-9-13-14(7-8-20-13)21(18,19)17-12-6-4-5-11(15)10(12)2/h4-8,16-17H,3,9H2,1-2H3. The van der Waals surface area contributed by atoms with Gasteiger partial charge in [0.25, 0.3) is 10.0 Å². The van der Waals surface area contributed by atoms with Crippen LogP contribution in [0.1, 0.15) is 17.4 Å². The zero-order valence-electron chi connectivity index (χ0n) is 11.8. The second-order valence-electron chi connectivity index (χ2n) is 4.51. The molecule has 0 aliphatic rings. The van der Waals surface area contributed by atoms with E-state index in [1.165, 1.54) is 23.5 Å². The van der Waals surface area contributed by atoms with Crippen LogP contribution in [0.2, 0.25) is 0 Å². The minimum atomic E-state index is -3.72. The molecule has 1 aromatic heterocycles. The fraction of sp³-hybridized carbons (Fsp3) is 0.286. The van der Waals surface area contributed by atoms with Crippen LogP contribution in [0.4, 0.5) is 10.1 Å². The van der Waals surface area contributed by atoms with Crippen LogP contribution >= 0.6 is 11.3 Å². The van der Waals surface area contributed by atoms with Crippen LogP contribution in [0.3, 0.4) is 0 Å². The van der Waals surface area contributed by atoms with E-state index in [0.717, 1.165) is 11.4 Å². The second kappa shape index (κ2) is 6.55. The number of halogens is 1. The Hall–Kier alpha value is -1.44. The molecule has 1 aromatic carbocycles. The minimum Gasteiger partial charge on any atom is -0.312 e. The first-order valence-corrected chi connectivity index (χ1v) is 8.87. The van der Waals surface area contributed by atoms with Crippen molar-refractivity contribution in [2.45, 2.75) is 25.3 Å². The van der Waals surface area contributed by atoms with Crippen LogP contribution < -0.4 is 10.0 Å². The molecule has 21 heavy (non-hydrogen) atoms. The van der Waals surface area contributed by atoms with Gasteiger partial charge in [0, 0.05) is 17.0 Å². The highest BCUT2D eigenvalue weighted by Crippen LogP contribution is 2.26. The van der Waals surface area contributed by atoms with Crippen LogP contribution in [-0.2, 0) is 16.6 Å². The summed E-state index contributed by atoms with van der Waals surface area (Å²) in [4.78, 5) is 0.968. The molecular weight excluding hydrogens is 311 g/mol. The predicted molar refractivity (Wildman–Crippen MR) is 83.6 cm³/mol. The summed E-state index contributed by atoms with van der Waals surface area (Å²) in [5, 5.41) is 4.84. The summed E-state index contributed by atoms with van der Waals surface area (Å²) in [6.45, 7) is 4.75. The topological polar surface area (TPSA) is 58.2 Å². The zero-order valence-corrected chi connectivity index (χ0v) is 13.4. The highest BCUT2D eigenvalue weighted by atomic mass is 32.2. The second-order valence-corrected chi connectivity index (χ2v) is 7.16. The molecule has 2 N–H and O–H groups in total. The molecule has 2 rings (SSSR count). The van der Waals surface area contributed by atoms with E-state index in [-0.39, 0.29) is 16.1 Å². The highest BCUT2D eigenvalue weighted by molar-refractivity contribution is 7.93. The maximum atomic E-state index is 13.5. The number of benzene rings is 1. The summed E-state index contributed by atoms with van der Waals surface area (Å²) in [6.07, 6.45) is 0. The first-order valence-electron chi connectivity index (χ1n) is 6.50. The number of hydrogen-bond acceptors (Lipinski definition) is 4. The van der Waals surface area contributed by atoms with Gasteiger partial charge in [0.15, 0.2) is 0 Å². The minimum absolute atomic E-state index is 0.233. The van der Waals surface area contributed by atoms with Crippen molar-refractivity contribution in [3.63, 3.8) is 0 Å². The van der Waals surface area contributed by atoms with Crippen molar-refractivity contribution in [2.75, 3.05) is 11.3 Å². The Morgan fingerprint density at radius 1 is 1.29 bits per heavy atom. The summed E-state index contributed by atoms with van der Waals surface area (Å²) < 4.78 is 40.9. The largest absolute Gasteiger partial charge is 0.312 e. The first-order chi connectivity index (χ1) is 9.95. The molecule has 0 spiro atoms. The van der Waals surface area contributed by atoms with Crippen molar-refractivity contribution in [3.8, 4) is 0 Å². The van der Waals surface area contributed by atoms with Gasteiger partial charge in [0.2, 0.25) is 0 Å². The number of nitrogens with one attached hydrogen (secondary N) is 2. The summed E-state index contributed by atoms with van der Waals surface area (Å²) >= 11 is 1.38. The van der Waals surface area contributed by atoms with Gasteiger partial charge in [-0.15, -0.1) is 11.3 Å². The quantitative estimate of drug-likeness (QED) is 0.856.